The second kappa shape index (κ2) is 9.10. The Morgan fingerprint density at radius 3 is 2.72 bits per heavy atom. The molecule has 0 aromatic heterocycles. The van der Waals surface area contributed by atoms with Crippen LogP contribution in [0, 0.1) is 12.3 Å². The molecule has 1 aromatic carbocycles. The van der Waals surface area contributed by atoms with Gasteiger partial charge in [-0.2, -0.15) is 0 Å². The largest absolute Gasteiger partial charge is 0.496 e. The standard InChI is InChI=1S/C20H31N3O.HI/c1-4-21-19(23-13-11-20(15-23)9-5-10-20)22-12-8-17-14-16(2)6-7-18(17)24-3;/h6-7,14H,4-5,8-13,15H2,1-3H3,(H,21,22);1H. The molecule has 1 aliphatic heterocycles. The Balaban J connectivity index is 0.00000225. The van der Waals surface area contributed by atoms with E-state index >= 15 is 0 Å². The van der Waals surface area contributed by atoms with Crippen LogP contribution in [0.15, 0.2) is 23.2 Å². The summed E-state index contributed by atoms with van der Waals surface area (Å²) in [6.07, 6.45) is 6.48. The third-order valence-corrected chi connectivity index (χ3v) is 5.57. The van der Waals surface area contributed by atoms with Crippen LogP contribution in [0.5, 0.6) is 5.75 Å². The summed E-state index contributed by atoms with van der Waals surface area (Å²) in [5, 5.41) is 3.48. The van der Waals surface area contributed by atoms with Crippen molar-refractivity contribution in [1.82, 2.24) is 10.2 Å². The van der Waals surface area contributed by atoms with Crippen molar-refractivity contribution in [3.05, 3.63) is 29.3 Å². The number of hydrogen-bond acceptors (Lipinski definition) is 2. The molecule has 3 rings (SSSR count). The first-order valence-corrected chi connectivity index (χ1v) is 9.32. The summed E-state index contributed by atoms with van der Waals surface area (Å²) in [4.78, 5) is 7.36. The Kier molecular flexibility index (Phi) is 7.40. The first-order chi connectivity index (χ1) is 11.7. The van der Waals surface area contributed by atoms with E-state index in [2.05, 4.69) is 42.3 Å². The van der Waals surface area contributed by atoms with E-state index in [9.17, 15) is 0 Å². The van der Waals surface area contributed by atoms with Crippen LogP contribution in [0.4, 0.5) is 0 Å². The summed E-state index contributed by atoms with van der Waals surface area (Å²) >= 11 is 0. The van der Waals surface area contributed by atoms with Crippen LogP contribution in [0.2, 0.25) is 0 Å². The molecule has 0 atom stereocenters. The first-order valence-electron chi connectivity index (χ1n) is 9.32. The highest BCUT2D eigenvalue weighted by Gasteiger charge is 2.43. The number of aryl methyl sites for hydroxylation is 1. The molecule has 25 heavy (non-hydrogen) atoms. The van der Waals surface area contributed by atoms with E-state index in [1.807, 2.05) is 0 Å². The molecule has 0 amide bonds. The van der Waals surface area contributed by atoms with Crippen molar-refractivity contribution in [3.8, 4) is 5.75 Å². The lowest BCUT2D eigenvalue weighted by Gasteiger charge is -2.38. The van der Waals surface area contributed by atoms with Gasteiger partial charge in [-0.1, -0.05) is 24.1 Å². The van der Waals surface area contributed by atoms with Gasteiger partial charge in [-0.3, -0.25) is 4.99 Å². The number of ether oxygens (including phenoxy) is 1. The summed E-state index contributed by atoms with van der Waals surface area (Å²) in [6.45, 7) is 8.33. The van der Waals surface area contributed by atoms with Crippen LogP contribution in [0.1, 0.15) is 43.7 Å². The van der Waals surface area contributed by atoms with Crippen LogP contribution in [-0.4, -0.2) is 44.1 Å². The summed E-state index contributed by atoms with van der Waals surface area (Å²) in [5.41, 5.74) is 3.12. The van der Waals surface area contributed by atoms with E-state index in [1.165, 1.54) is 43.4 Å². The van der Waals surface area contributed by atoms with Gasteiger partial charge in [-0.25, -0.2) is 0 Å². The SMILES string of the molecule is CCNC(=NCCc1cc(C)ccc1OC)N1CCC2(CCC2)C1.I. The molecule has 1 aromatic rings. The summed E-state index contributed by atoms with van der Waals surface area (Å²) in [6, 6.07) is 6.36. The van der Waals surface area contributed by atoms with Crippen LogP contribution < -0.4 is 10.1 Å². The highest BCUT2D eigenvalue weighted by molar-refractivity contribution is 14.0. The van der Waals surface area contributed by atoms with Gasteiger partial charge in [-0.15, -0.1) is 24.0 Å². The van der Waals surface area contributed by atoms with E-state index in [1.54, 1.807) is 7.11 Å². The highest BCUT2D eigenvalue weighted by Crippen LogP contribution is 2.47. The van der Waals surface area contributed by atoms with Crippen LogP contribution in [0.25, 0.3) is 0 Å². The van der Waals surface area contributed by atoms with Gasteiger partial charge in [-0.05, 0) is 56.6 Å². The number of rotatable bonds is 5. The van der Waals surface area contributed by atoms with Crippen molar-refractivity contribution in [2.45, 2.75) is 46.0 Å². The zero-order chi connectivity index (χ0) is 17.0. The molecule has 1 saturated carbocycles. The summed E-state index contributed by atoms with van der Waals surface area (Å²) in [5.74, 6) is 2.06. The van der Waals surface area contributed by atoms with Gasteiger partial charge < -0.3 is 15.0 Å². The fraction of sp³-hybridized carbons (Fsp3) is 0.650. The molecular weight excluding hydrogens is 425 g/mol. The van der Waals surface area contributed by atoms with Crippen LogP contribution in [0.3, 0.4) is 0 Å². The molecule has 0 bridgehead atoms. The number of hydrogen-bond donors (Lipinski definition) is 1. The second-order valence-electron chi connectivity index (χ2n) is 7.33. The maximum atomic E-state index is 5.48. The number of aliphatic imine (C=N–C) groups is 1. The molecule has 2 aliphatic rings. The predicted octanol–water partition coefficient (Wildman–Crippen LogP) is 4.01. The minimum absolute atomic E-state index is 0. The topological polar surface area (TPSA) is 36.9 Å². The van der Waals surface area contributed by atoms with E-state index < -0.39 is 0 Å². The second-order valence-corrected chi connectivity index (χ2v) is 7.33. The summed E-state index contributed by atoms with van der Waals surface area (Å²) in [7, 11) is 1.74. The lowest BCUT2D eigenvalue weighted by atomic mass is 9.68. The molecule has 1 spiro atoms. The highest BCUT2D eigenvalue weighted by atomic mass is 127. The number of methoxy groups -OCH3 is 1. The van der Waals surface area contributed by atoms with E-state index in [-0.39, 0.29) is 24.0 Å². The van der Waals surface area contributed by atoms with Crippen LogP contribution in [-0.2, 0) is 6.42 Å². The zero-order valence-electron chi connectivity index (χ0n) is 15.8. The van der Waals surface area contributed by atoms with Gasteiger partial charge in [0.2, 0.25) is 0 Å². The quantitative estimate of drug-likeness (QED) is 0.413. The molecule has 0 radical (unpaired) electrons. The third kappa shape index (κ3) is 4.80. The Morgan fingerprint density at radius 2 is 2.12 bits per heavy atom. The van der Waals surface area contributed by atoms with Crippen molar-refractivity contribution < 1.29 is 4.74 Å². The van der Waals surface area contributed by atoms with Gasteiger partial charge >= 0.3 is 0 Å². The molecule has 140 valence electrons. The molecular formula is C20H32IN3O. The average molecular weight is 457 g/mol. The van der Waals surface area contributed by atoms with Crippen LogP contribution >= 0.6 is 24.0 Å². The molecule has 5 heteroatoms. The van der Waals surface area contributed by atoms with Crippen molar-refractivity contribution in [2.75, 3.05) is 33.3 Å². The Morgan fingerprint density at radius 1 is 1.32 bits per heavy atom. The minimum Gasteiger partial charge on any atom is -0.496 e. The Labute approximate surface area is 169 Å². The lowest BCUT2D eigenvalue weighted by molar-refractivity contribution is 0.151. The van der Waals surface area contributed by atoms with Gasteiger partial charge in [0.25, 0.3) is 0 Å². The smallest absolute Gasteiger partial charge is 0.193 e. The molecule has 1 N–H and O–H groups in total. The van der Waals surface area contributed by atoms with E-state index in [0.29, 0.717) is 5.41 Å². The molecule has 4 nitrogen and oxygen atoms in total. The Hall–Kier alpha value is -0.980. The molecule has 0 unspecified atom stereocenters. The molecule has 2 fully saturated rings. The molecule has 1 aliphatic carbocycles. The third-order valence-electron chi connectivity index (χ3n) is 5.57. The van der Waals surface area contributed by atoms with Gasteiger partial charge in [0.15, 0.2) is 5.96 Å². The first kappa shape index (κ1) is 20.3. The van der Waals surface area contributed by atoms with Crippen molar-refractivity contribution in [2.24, 2.45) is 10.4 Å². The minimum atomic E-state index is 0. The molecule has 1 heterocycles. The number of likely N-dealkylation sites (tertiary alicyclic amines) is 1. The normalized spacial score (nSPS) is 18.7. The average Bonchev–Trinajstić information content (AvgIpc) is 3.00. The Bertz CT molecular complexity index is 599. The lowest BCUT2D eigenvalue weighted by Crippen LogP contribution is -2.42. The van der Waals surface area contributed by atoms with E-state index in [4.69, 9.17) is 9.73 Å². The molecule has 1 saturated heterocycles. The van der Waals surface area contributed by atoms with E-state index in [0.717, 1.165) is 37.8 Å². The maximum absolute atomic E-state index is 5.48. The van der Waals surface area contributed by atoms with Gasteiger partial charge in [0.05, 0.1) is 7.11 Å². The van der Waals surface area contributed by atoms with Crippen molar-refractivity contribution in [1.29, 1.82) is 0 Å². The maximum Gasteiger partial charge on any atom is 0.193 e. The van der Waals surface area contributed by atoms with Gasteiger partial charge in [0.1, 0.15) is 5.75 Å². The predicted molar refractivity (Wildman–Crippen MR) is 115 cm³/mol. The van der Waals surface area contributed by atoms with Crippen molar-refractivity contribution >= 4 is 29.9 Å². The zero-order valence-corrected chi connectivity index (χ0v) is 18.1. The number of guanidine groups is 1. The monoisotopic (exact) mass is 457 g/mol. The number of benzene rings is 1. The van der Waals surface area contributed by atoms with Crippen molar-refractivity contribution in [3.63, 3.8) is 0 Å². The van der Waals surface area contributed by atoms with Gasteiger partial charge in [0, 0.05) is 26.2 Å². The fourth-order valence-electron chi connectivity index (χ4n) is 4.01. The number of halogens is 1. The number of nitrogens with zero attached hydrogens (tertiary/aromatic N) is 2. The fourth-order valence-corrected chi connectivity index (χ4v) is 4.01. The number of nitrogens with one attached hydrogen (secondary N) is 1. The summed E-state index contributed by atoms with van der Waals surface area (Å²) < 4.78 is 5.48.